The normalized spacial score (nSPS) is 16.4. The lowest BCUT2D eigenvalue weighted by atomic mass is 10.0. The number of nitrogens with two attached hydrogens (primary N) is 1. The SMILES string of the molecule is NCCCOCCOCCOCCCNc1ccc(C(=O)c2ccc(OCCCNC(=O)CCOCCOCCOCCOCCNC(=O)CCCCC3SCC4NC(=O)NC43)cc2)cc1. The number of fused-ring (bicyclic) bond motifs is 1. The summed E-state index contributed by atoms with van der Waals surface area (Å²) in [5.41, 5.74) is 7.54. The summed E-state index contributed by atoms with van der Waals surface area (Å²) in [7, 11) is 0. The van der Waals surface area contributed by atoms with E-state index in [1.54, 1.807) is 24.3 Å². The predicted octanol–water partition coefficient (Wildman–Crippen LogP) is 3.30. The first-order valence-electron chi connectivity index (χ1n) is 23.5. The number of anilines is 1. The van der Waals surface area contributed by atoms with Crippen LogP contribution in [-0.4, -0.2) is 172 Å². The number of urea groups is 1. The Labute approximate surface area is 394 Å². The predicted molar refractivity (Wildman–Crippen MR) is 254 cm³/mol. The molecule has 0 aliphatic carbocycles. The molecule has 4 rings (SSSR count). The lowest BCUT2D eigenvalue weighted by molar-refractivity contribution is -0.122. The average molecular weight is 947 g/mol. The van der Waals surface area contributed by atoms with Gasteiger partial charge in [0.15, 0.2) is 5.78 Å². The molecule has 19 heteroatoms. The maximum absolute atomic E-state index is 13.0. The number of hydrogen-bond donors (Lipinski definition) is 6. The van der Waals surface area contributed by atoms with Crippen LogP contribution in [0.25, 0.3) is 0 Å². The van der Waals surface area contributed by atoms with Crippen LogP contribution in [0, 0.1) is 0 Å². The first-order chi connectivity index (χ1) is 32.4. The third kappa shape index (κ3) is 24.1. The number of nitrogens with one attached hydrogen (secondary N) is 5. The van der Waals surface area contributed by atoms with Gasteiger partial charge in [-0.1, -0.05) is 6.42 Å². The van der Waals surface area contributed by atoms with Crippen molar-refractivity contribution < 1.29 is 57.1 Å². The molecule has 2 saturated heterocycles. The summed E-state index contributed by atoms with van der Waals surface area (Å²) in [6, 6.07) is 14.9. The van der Waals surface area contributed by atoms with Gasteiger partial charge in [0.2, 0.25) is 11.8 Å². The molecule has 2 heterocycles. The molecule has 66 heavy (non-hydrogen) atoms. The molecule has 2 aliphatic heterocycles. The molecular formula is C47H74N6O12S. The molecule has 0 aromatic heterocycles. The van der Waals surface area contributed by atoms with Gasteiger partial charge in [0, 0.05) is 73.5 Å². The van der Waals surface area contributed by atoms with Crippen LogP contribution < -0.4 is 37.1 Å². The van der Waals surface area contributed by atoms with E-state index in [0.29, 0.717) is 154 Å². The van der Waals surface area contributed by atoms with Gasteiger partial charge in [0.1, 0.15) is 5.75 Å². The van der Waals surface area contributed by atoms with Gasteiger partial charge in [-0.2, -0.15) is 11.8 Å². The first kappa shape index (κ1) is 54.6. The van der Waals surface area contributed by atoms with Crippen molar-refractivity contribution in [2.75, 3.05) is 136 Å². The van der Waals surface area contributed by atoms with Crippen molar-refractivity contribution in [3.05, 3.63) is 59.7 Å². The minimum Gasteiger partial charge on any atom is -0.494 e. The Kier molecular flexibility index (Phi) is 29.0. The van der Waals surface area contributed by atoms with Gasteiger partial charge in [0.05, 0.1) is 98.0 Å². The van der Waals surface area contributed by atoms with Gasteiger partial charge >= 0.3 is 6.03 Å². The molecule has 2 aromatic rings. The molecule has 0 radical (unpaired) electrons. The number of ketones is 1. The molecule has 0 bridgehead atoms. The van der Waals surface area contributed by atoms with Crippen LogP contribution in [-0.2, 0) is 42.7 Å². The number of ether oxygens (including phenoxy) is 8. The Morgan fingerprint density at radius 3 is 1.77 bits per heavy atom. The van der Waals surface area contributed by atoms with E-state index < -0.39 is 0 Å². The van der Waals surface area contributed by atoms with Crippen LogP contribution in [0.2, 0.25) is 0 Å². The molecule has 2 aromatic carbocycles. The summed E-state index contributed by atoms with van der Waals surface area (Å²) >= 11 is 1.89. The molecule has 0 saturated carbocycles. The second-order valence-corrected chi connectivity index (χ2v) is 16.9. The van der Waals surface area contributed by atoms with E-state index in [1.807, 2.05) is 36.0 Å². The van der Waals surface area contributed by atoms with E-state index in [9.17, 15) is 19.2 Å². The van der Waals surface area contributed by atoms with Crippen molar-refractivity contribution in [1.29, 1.82) is 0 Å². The van der Waals surface area contributed by atoms with Gasteiger partial charge in [-0.05, 0) is 87.2 Å². The zero-order valence-corrected chi connectivity index (χ0v) is 39.4. The fourth-order valence-corrected chi connectivity index (χ4v) is 8.42. The molecule has 2 aliphatic rings. The number of unbranched alkanes of at least 4 members (excludes halogenated alkanes) is 1. The van der Waals surface area contributed by atoms with Crippen molar-refractivity contribution in [3.8, 4) is 5.75 Å². The lowest BCUT2D eigenvalue weighted by Gasteiger charge is -2.16. The minimum atomic E-state index is -0.0941. The Balaban J connectivity index is 0.860. The highest BCUT2D eigenvalue weighted by Crippen LogP contribution is 2.33. The van der Waals surface area contributed by atoms with E-state index in [4.69, 9.17) is 43.6 Å². The summed E-state index contributed by atoms with van der Waals surface area (Å²) in [5, 5.41) is 15.5. The standard InChI is InChI=1S/C47H74N6O12S/c48-17-3-21-58-26-30-62-31-27-59-22-4-18-49-39-12-8-37(9-13-39)46(56)38-10-14-40(15-11-38)65-23-5-19-50-44(55)16-24-60-28-32-63-34-35-64-33-29-61-25-20-51-43(54)7-2-1-6-42-45-41(36-66-42)52-47(57)53-45/h8-15,41-42,45,49H,1-7,16-36,48H2,(H,50,55)(H,51,54)(H2,52,53,57). The average Bonchev–Trinajstić information content (AvgIpc) is 3.89. The first-order valence-corrected chi connectivity index (χ1v) is 24.6. The molecule has 3 atom stereocenters. The Morgan fingerprint density at radius 2 is 1.12 bits per heavy atom. The maximum atomic E-state index is 13.0. The highest BCUT2D eigenvalue weighted by atomic mass is 32.2. The highest BCUT2D eigenvalue weighted by Gasteiger charge is 2.42. The third-order valence-electron chi connectivity index (χ3n) is 10.4. The summed E-state index contributed by atoms with van der Waals surface area (Å²) in [6.45, 7) is 9.46. The van der Waals surface area contributed by atoms with Crippen LogP contribution in [0.5, 0.6) is 5.75 Å². The van der Waals surface area contributed by atoms with Crippen LogP contribution in [0.3, 0.4) is 0 Å². The Bertz CT molecular complexity index is 1630. The second-order valence-electron chi connectivity index (χ2n) is 15.7. The molecule has 0 spiro atoms. The number of amides is 4. The third-order valence-corrected chi connectivity index (χ3v) is 12.0. The fourth-order valence-electron chi connectivity index (χ4n) is 6.87. The van der Waals surface area contributed by atoms with E-state index in [0.717, 1.165) is 50.1 Å². The summed E-state index contributed by atoms with van der Waals surface area (Å²) in [4.78, 5) is 48.8. The van der Waals surface area contributed by atoms with Crippen molar-refractivity contribution in [2.45, 2.75) is 68.7 Å². The lowest BCUT2D eigenvalue weighted by Crippen LogP contribution is -2.36. The highest BCUT2D eigenvalue weighted by molar-refractivity contribution is 8.00. The largest absolute Gasteiger partial charge is 0.494 e. The molecule has 4 amide bonds. The van der Waals surface area contributed by atoms with Gasteiger partial charge < -0.3 is 70.2 Å². The minimum absolute atomic E-state index is 0.0273. The number of benzene rings is 2. The number of carbonyl (C=O) groups is 4. The van der Waals surface area contributed by atoms with Gasteiger partial charge in [-0.15, -0.1) is 0 Å². The van der Waals surface area contributed by atoms with E-state index in [-0.39, 0.29) is 42.1 Å². The maximum Gasteiger partial charge on any atom is 0.315 e. The molecule has 18 nitrogen and oxygen atoms in total. The molecule has 2 fully saturated rings. The fraction of sp³-hybridized carbons (Fsp3) is 0.660. The van der Waals surface area contributed by atoms with E-state index in [1.165, 1.54) is 0 Å². The molecule has 370 valence electrons. The molecule has 7 N–H and O–H groups in total. The van der Waals surface area contributed by atoms with Gasteiger partial charge in [0.25, 0.3) is 0 Å². The Morgan fingerprint density at radius 1 is 0.576 bits per heavy atom. The monoisotopic (exact) mass is 947 g/mol. The Hall–Kier alpha value is -4.05. The van der Waals surface area contributed by atoms with Gasteiger partial charge in [-0.3, -0.25) is 14.4 Å². The quantitative estimate of drug-likeness (QED) is 0.0320. The van der Waals surface area contributed by atoms with Gasteiger partial charge in [-0.25, -0.2) is 4.79 Å². The van der Waals surface area contributed by atoms with Crippen LogP contribution >= 0.6 is 11.8 Å². The van der Waals surface area contributed by atoms with E-state index in [2.05, 4.69) is 26.6 Å². The van der Waals surface area contributed by atoms with Crippen LogP contribution in [0.4, 0.5) is 10.5 Å². The summed E-state index contributed by atoms with van der Waals surface area (Å²) < 4.78 is 44.3. The molecule has 3 unspecified atom stereocenters. The summed E-state index contributed by atoms with van der Waals surface area (Å²) in [5.74, 6) is 1.47. The zero-order valence-electron chi connectivity index (χ0n) is 38.5. The van der Waals surface area contributed by atoms with Crippen molar-refractivity contribution in [2.24, 2.45) is 5.73 Å². The van der Waals surface area contributed by atoms with E-state index >= 15 is 0 Å². The van der Waals surface area contributed by atoms with Crippen molar-refractivity contribution >= 4 is 41.1 Å². The summed E-state index contributed by atoms with van der Waals surface area (Å²) in [6.07, 6.45) is 5.87. The number of rotatable bonds is 41. The van der Waals surface area contributed by atoms with Crippen molar-refractivity contribution in [3.63, 3.8) is 0 Å². The smallest absolute Gasteiger partial charge is 0.315 e. The number of carbonyl (C=O) groups excluding carboxylic acids is 4. The van der Waals surface area contributed by atoms with Crippen molar-refractivity contribution in [1.82, 2.24) is 21.3 Å². The van der Waals surface area contributed by atoms with Crippen LogP contribution in [0.15, 0.2) is 48.5 Å². The van der Waals surface area contributed by atoms with Crippen LogP contribution in [0.1, 0.15) is 67.3 Å². The zero-order chi connectivity index (χ0) is 46.7. The second kappa shape index (κ2) is 35.1. The topological polar surface area (TPSA) is 228 Å². The number of hydrogen-bond acceptors (Lipinski definition) is 15. The number of thioether (sulfide) groups is 1. The molecular weight excluding hydrogens is 873 g/mol.